The highest BCUT2D eigenvalue weighted by atomic mass is 16.5. The lowest BCUT2D eigenvalue weighted by atomic mass is 10.1. The zero-order valence-corrected chi connectivity index (χ0v) is 10.8. The number of ether oxygens (including phenoxy) is 1. The van der Waals surface area contributed by atoms with Crippen LogP contribution in [0, 0.1) is 0 Å². The van der Waals surface area contributed by atoms with Gasteiger partial charge in [0.1, 0.15) is 12.0 Å². The second-order valence-corrected chi connectivity index (χ2v) is 4.57. The molecule has 1 saturated heterocycles. The summed E-state index contributed by atoms with van der Waals surface area (Å²) in [6, 6.07) is 5.58. The number of rotatable bonds is 4. The number of hydrogen-bond donors (Lipinski definition) is 1. The van der Waals surface area contributed by atoms with Crippen LogP contribution >= 0.6 is 0 Å². The van der Waals surface area contributed by atoms with Gasteiger partial charge in [0.2, 0.25) is 0 Å². The van der Waals surface area contributed by atoms with Gasteiger partial charge in [-0.2, -0.15) is 0 Å². The summed E-state index contributed by atoms with van der Waals surface area (Å²) in [7, 11) is 1.67. The summed E-state index contributed by atoms with van der Waals surface area (Å²) in [5.41, 5.74) is 1.79. The Morgan fingerprint density at radius 2 is 2.28 bits per heavy atom. The van der Waals surface area contributed by atoms with E-state index in [-0.39, 0.29) is 0 Å². The molecule has 1 fully saturated rings. The molecule has 1 aliphatic rings. The van der Waals surface area contributed by atoms with Crippen molar-refractivity contribution in [3.05, 3.63) is 29.3 Å². The smallest absolute Gasteiger partial charge is 0.150 e. The number of carbonyl (C=O) groups is 1. The van der Waals surface area contributed by atoms with Crippen LogP contribution in [0.5, 0.6) is 5.75 Å². The van der Waals surface area contributed by atoms with E-state index in [1.165, 1.54) is 0 Å². The van der Waals surface area contributed by atoms with Gasteiger partial charge in [0.15, 0.2) is 0 Å². The second-order valence-electron chi connectivity index (χ2n) is 4.57. The highest BCUT2D eigenvalue weighted by Crippen LogP contribution is 2.21. The highest BCUT2D eigenvalue weighted by Gasteiger charge is 2.12. The molecule has 1 aromatic rings. The fourth-order valence-corrected chi connectivity index (χ4v) is 2.30. The number of carbonyl (C=O) groups excluding carboxylic acids is 1. The Morgan fingerprint density at radius 1 is 1.39 bits per heavy atom. The molecule has 18 heavy (non-hydrogen) atoms. The van der Waals surface area contributed by atoms with E-state index in [1.54, 1.807) is 13.2 Å². The van der Waals surface area contributed by atoms with Crippen molar-refractivity contribution in [2.75, 3.05) is 33.3 Å². The van der Waals surface area contributed by atoms with Gasteiger partial charge in [-0.3, -0.25) is 9.69 Å². The first kappa shape index (κ1) is 13.1. The summed E-state index contributed by atoms with van der Waals surface area (Å²) in [5.74, 6) is 0.859. The largest absolute Gasteiger partial charge is 0.496 e. The van der Waals surface area contributed by atoms with Crippen molar-refractivity contribution in [2.45, 2.75) is 13.0 Å². The van der Waals surface area contributed by atoms with Gasteiger partial charge < -0.3 is 10.1 Å². The van der Waals surface area contributed by atoms with Gasteiger partial charge in [-0.05, 0) is 37.7 Å². The van der Waals surface area contributed by atoms with Gasteiger partial charge >= 0.3 is 0 Å². The molecule has 0 aromatic heterocycles. The molecular weight excluding hydrogens is 228 g/mol. The van der Waals surface area contributed by atoms with Crippen LogP contribution in [-0.4, -0.2) is 44.5 Å². The van der Waals surface area contributed by atoms with Crippen molar-refractivity contribution in [1.29, 1.82) is 0 Å². The third-order valence-corrected chi connectivity index (χ3v) is 3.27. The maximum Gasteiger partial charge on any atom is 0.150 e. The van der Waals surface area contributed by atoms with Crippen molar-refractivity contribution in [3.8, 4) is 5.75 Å². The van der Waals surface area contributed by atoms with Gasteiger partial charge in [-0.15, -0.1) is 0 Å². The van der Waals surface area contributed by atoms with Crippen molar-refractivity contribution in [2.24, 2.45) is 0 Å². The van der Waals surface area contributed by atoms with Crippen LogP contribution < -0.4 is 10.1 Å². The maximum atomic E-state index is 10.8. The molecule has 1 aliphatic heterocycles. The maximum absolute atomic E-state index is 10.8. The molecule has 1 N–H and O–H groups in total. The number of aldehydes is 1. The molecule has 0 bridgehead atoms. The summed E-state index contributed by atoms with van der Waals surface area (Å²) >= 11 is 0. The number of benzene rings is 1. The molecule has 4 heteroatoms. The normalized spacial score (nSPS) is 17.2. The average Bonchev–Trinajstić information content (AvgIpc) is 2.67. The van der Waals surface area contributed by atoms with E-state index in [9.17, 15) is 4.79 Å². The first-order valence-electron chi connectivity index (χ1n) is 6.38. The first-order chi connectivity index (χ1) is 8.83. The Morgan fingerprint density at radius 3 is 3.06 bits per heavy atom. The van der Waals surface area contributed by atoms with Crippen LogP contribution in [-0.2, 0) is 6.54 Å². The Kier molecular flexibility index (Phi) is 4.73. The molecule has 0 saturated carbocycles. The predicted octanol–water partition coefficient (Wildman–Crippen LogP) is 1.30. The van der Waals surface area contributed by atoms with Crippen LogP contribution in [0.4, 0.5) is 0 Å². The van der Waals surface area contributed by atoms with E-state index in [2.05, 4.69) is 10.2 Å². The Bertz CT molecular complexity index is 399. The first-order valence-corrected chi connectivity index (χ1v) is 6.38. The quantitative estimate of drug-likeness (QED) is 0.816. The predicted molar refractivity (Wildman–Crippen MR) is 71.1 cm³/mol. The summed E-state index contributed by atoms with van der Waals surface area (Å²) in [4.78, 5) is 13.2. The fraction of sp³-hybridized carbons (Fsp3) is 0.500. The number of hydrogen-bond acceptors (Lipinski definition) is 4. The van der Waals surface area contributed by atoms with Crippen LogP contribution in [0.1, 0.15) is 22.3 Å². The minimum absolute atomic E-state index is 0.707. The fourth-order valence-electron chi connectivity index (χ4n) is 2.30. The van der Waals surface area contributed by atoms with Crippen LogP contribution in [0.3, 0.4) is 0 Å². The molecular formula is C14H20N2O2. The molecule has 0 atom stereocenters. The van der Waals surface area contributed by atoms with Crippen LogP contribution in [0.2, 0.25) is 0 Å². The van der Waals surface area contributed by atoms with E-state index in [1.807, 2.05) is 12.1 Å². The molecule has 0 aliphatic carbocycles. The van der Waals surface area contributed by atoms with Gasteiger partial charge in [0.25, 0.3) is 0 Å². The number of methoxy groups -OCH3 is 1. The summed E-state index contributed by atoms with van der Waals surface area (Å²) in [6.45, 7) is 5.07. The number of nitrogens with one attached hydrogen (secondary N) is 1. The molecule has 0 unspecified atom stereocenters. The summed E-state index contributed by atoms with van der Waals surface area (Å²) in [6.07, 6.45) is 2.04. The Labute approximate surface area is 108 Å². The van der Waals surface area contributed by atoms with E-state index in [0.29, 0.717) is 5.56 Å². The van der Waals surface area contributed by atoms with Crippen molar-refractivity contribution in [3.63, 3.8) is 0 Å². The topological polar surface area (TPSA) is 41.6 Å². The summed E-state index contributed by atoms with van der Waals surface area (Å²) in [5, 5.41) is 3.39. The zero-order chi connectivity index (χ0) is 12.8. The molecule has 0 amide bonds. The molecule has 1 aromatic carbocycles. The van der Waals surface area contributed by atoms with E-state index in [0.717, 1.165) is 56.7 Å². The summed E-state index contributed by atoms with van der Waals surface area (Å²) < 4.78 is 5.36. The van der Waals surface area contributed by atoms with Gasteiger partial charge in [-0.1, -0.05) is 0 Å². The van der Waals surface area contributed by atoms with E-state index in [4.69, 9.17) is 4.74 Å². The molecule has 2 rings (SSSR count). The molecule has 98 valence electrons. The minimum Gasteiger partial charge on any atom is -0.496 e. The van der Waals surface area contributed by atoms with Gasteiger partial charge in [-0.25, -0.2) is 0 Å². The van der Waals surface area contributed by atoms with Gasteiger partial charge in [0, 0.05) is 30.8 Å². The monoisotopic (exact) mass is 248 g/mol. The van der Waals surface area contributed by atoms with E-state index >= 15 is 0 Å². The van der Waals surface area contributed by atoms with E-state index < -0.39 is 0 Å². The van der Waals surface area contributed by atoms with Crippen molar-refractivity contribution >= 4 is 6.29 Å². The van der Waals surface area contributed by atoms with Crippen molar-refractivity contribution in [1.82, 2.24) is 10.2 Å². The minimum atomic E-state index is 0.707. The van der Waals surface area contributed by atoms with Crippen LogP contribution in [0.25, 0.3) is 0 Å². The standard InChI is InChI=1S/C14H20N2O2/c1-18-14-4-3-12(11-17)9-13(14)10-16-7-2-5-15-6-8-16/h3-4,9,11,15H,2,5-8,10H2,1H3. The average molecular weight is 248 g/mol. The molecule has 1 heterocycles. The molecule has 0 radical (unpaired) electrons. The van der Waals surface area contributed by atoms with Crippen molar-refractivity contribution < 1.29 is 9.53 Å². The Hall–Kier alpha value is -1.39. The lowest BCUT2D eigenvalue weighted by molar-refractivity contribution is 0.112. The SMILES string of the molecule is COc1ccc(C=O)cc1CN1CCCNCC1. The lowest BCUT2D eigenvalue weighted by Crippen LogP contribution is -2.27. The lowest BCUT2D eigenvalue weighted by Gasteiger charge is -2.21. The highest BCUT2D eigenvalue weighted by molar-refractivity contribution is 5.75. The second kappa shape index (κ2) is 6.52. The number of nitrogens with zero attached hydrogens (tertiary/aromatic N) is 1. The third kappa shape index (κ3) is 3.31. The zero-order valence-electron chi connectivity index (χ0n) is 10.8. The molecule has 4 nitrogen and oxygen atoms in total. The van der Waals surface area contributed by atoms with Gasteiger partial charge in [0.05, 0.1) is 7.11 Å². The van der Waals surface area contributed by atoms with Crippen LogP contribution in [0.15, 0.2) is 18.2 Å². The third-order valence-electron chi connectivity index (χ3n) is 3.27. The molecule has 0 spiro atoms. The Balaban J connectivity index is 2.12.